The lowest BCUT2D eigenvalue weighted by atomic mass is 10.2. The summed E-state index contributed by atoms with van der Waals surface area (Å²) in [4.78, 5) is 18.4. The fraction of sp³-hybridized carbons (Fsp3) is 0.545. The average molecular weight is 255 g/mol. The number of carbonyl (C=O) groups is 1. The van der Waals surface area contributed by atoms with Crippen molar-refractivity contribution >= 4 is 23.5 Å². The number of rotatable bonds is 7. The summed E-state index contributed by atoms with van der Waals surface area (Å²) in [5, 5.41) is 11.9. The highest BCUT2D eigenvalue weighted by Crippen LogP contribution is 2.08. The summed E-state index contributed by atoms with van der Waals surface area (Å²) in [7, 11) is 0. The second-order valence-electron chi connectivity index (χ2n) is 3.62. The van der Waals surface area contributed by atoms with E-state index in [1.54, 1.807) is 0 Å². The molecular weight excluding hydrogens is 238 g/mol. The van der Waals surface area contributed by atoms with Gasteiger partial charge in [0.15, 0.2) is 5.69 Å². The first-order valence-electron chi connectivity index (χ1n) is 5.53. The van der Waals surface area contributed by atoms with Gasteiger partial charge in [0.2, 0.25) is 0 Å². The van der Waals surface area contributed by atoms with Crippen LogP contribution in [0.1, 0.15) is 30.8 Å². The number of nitrogens with one attached hydrogen (secondary N) is 1. The summed E-state index contributed by atoms with van der Waals surface area (Å²) < 4.78 is 0. The highest BCUT2D eigenvalue weighted by atomic mass is 32.2. The van der Waals surface area contributed by atoms with Crippen LogP contribution in [-0.4, -0.2) is 38.6 Å². The molecule has 2 N–H and O–H groups in total. The molecule has 0 bridgehead atoms. The number of carboxylic acids is 1. The van der Waals surface area contributed by atoms with Gasteiger partial charge in [0.25, 0.3) is 0 Å². The molecule has 1 atom stereocenters. The first-order chi connectivity index (χ1) is 8.13. The van der Waals surface area contributed by atoms with E-state index in [2.05, 4.69) is 29.1 Å². The van der Waals surface area contributed by atoms with Gasteiger partial charge < -0.3 is 10.4 Å². The van der Waals surface area contributed by atoms with Crippen LogP contribution in [0.4, 0.5) is 5.82 Å². The Bertz CT molecular complexity index is 356. The van der Waals surface area contributed by atoms with E-state index >= 15 is 0 Å². The van der Waals surface area contributed by atoms with Gasteiger partial charge in [-0.05, 0) is 24.9 Å². The Kier molecular flexibility index (Phi) is 5.76. The molecule has 1 unspecified atom stereocenters. The average Bonchev–Trinajstić information content (AvgIpc) is 2.30. The number of aromatic carboxylic acids is 1. The molecule has 1 aromatic rings. The maximum absolute atomic E-state index is 10.6. The number of aromatic nitrogens is 2. The maximum Gasteiger partial charge on any atom is 0.356 e. The Morgan fingerprint density at radius 3 is 2.82 bits per heavy atom. The summed E-state index contributed by atoms with van der Waals surface area (Å²) in [6.07, 6.45) is 3.76. The van der Waals surface area contributed by atoms with Gasteiger partial charge >= 0.3 is 5.97 Å². The van der Waals surface area contributed by atoms with Gasteiger partial charge in [0, 0.05) is 6.04 Å². The number of hydrogen-bond donors (Lipinski definition) is 2. The van der Waals surface area contributed by atoms with E-state index in [4.69, 9.17) is 5.11 Å². The van der Waals surface area contributed by atoms with E-state index in [0.29, 0.717) is 11.9 Å². The molecule has 0 amide bonds. The van der Waals surface area contributed by atoms with Gasteiger partial charge in [-0.3, -0.25) is 0 Å². The van der Waals surface area contributed by atoms with Crippen molar-refractivity contribution in [2.24, 2.45) is 0 Å². The Morgan fingerprint density at radius 2 is 2.29 bits per heavy atom. The van der Waals surface area contributed by atoms with Gasteiger partial charge in [-0.2, -0.15) is 11.8 Å². The molecule has 0 aliphatic rings. The Morgan fingerprint density at radius 1 is 1.53 bits per heavy atom. The smallest absolute Gasteiger partial charge is 0.356 e. The highest BCUT2D eigenvalue weighted by molar-refractivity contribution is 7.99. The van der Waals surface area contributed by atoms with Crippen LogP contribution in [-0.2, 0) is 0 Å². The molecule has 1 rings (SSSR count). The van der Waals surface area contributed by atoms with Crippen molar-refractivity contribution in [3.63, 3.8) is 0 Å². The topological polar surface area (TPSA) is 75.1 Å². The molecule has 6 heteroatoms. The number of anilines is 1. The summed E-state index contributed by atoms with van der Waals surface area (Å²) in [6, 6.07) is 0.305. The Labute approximate surface area is 105 Å². The number of nitrogens with zero attached hydrogens (tertiary/aromatic N) is 2. The summed E-state index contributed by atoms with van der Waals surface area (Å²) in [5.74, 6) is 1.78. The minimum Gasteiger partial charge on any atom is -0.476 e. The molecule has 1 heterocycles. The van der Waals surface area contributed by atoms with Crippen molar-refractivity contribution in [1.82, 2.24) is 9.97 Å². The molecule has 0 radical (unpaired) electrons. The highest BCUT2D eigenvalue weighted by Gasteiger charge is 2.06. The van der Waals surface area contributed by atoms with Crippen LogP contribution >= 0.6 is 11.8 Å². The first kappa shape index (κ1) is 13.8. The molecule has 1 aromatic heterocycles. The zero-order chi connectivity index (χ0) is 12.7. The lowest BCUT2D eigenvalue weighted by molar-refractivity contribution is 0.0690. The van der Waals surface area contributed by atoms with Crippen LogP contribution in [0.3, 0.4) is 0 Å². The minimum absolute atomic E-state index is 0.0373. The third-order valence-electron chi connectivity index (χ3n) is 2.16. The molecule has 0 spiro atoms. The van der Waals surface area contributed by atoms with Crippen LogP contribution in [0.15, 0.2) is 12.4 Å². The second kappa shape index (κ2) is 7.11. The molecule has 0 aromatic carbocycles. The molecule has 0 aliphatic heterocycles. The van der Waals surface area contributed by atoms with Crippen molar-refractivity contribution in [2.75, 3.05) is 16.8 Å². The lowest BCUT2D eigenvalue weighted by Crippen LogP contribution is -2.17. The maximum atomic E-state index is 10.6. The van der Waals surface area contributed by atoms with Crippen molar-refractivity contribution in [3.8, 4) is 0 Å². The van der Waals surface area contributed by atoms with E-state index in [1.165, 1.54) is 12.4 Å². The van der Waals surface area contributed by atoms with E-state index in [1.807, 2.05) is 11.8 Å². The number of hydrogen-bond acceptors (Lipinski definition) is 5. The van der Waals surface area contributed by atoms with Crippen molar-refractivity contribution < 1.29 is 9.90 Å². The molecule has 5 nitrogen and oxygen atoms in total. The molecular formula is C11H17N3O2S. The predicted molar refractivity (Wildman–Crippen MR) is 69.7 cm³/mol. The van der Waals surface area contributed by atoms with E-state index in [-0.39, 0.29) is 5.69 Å². The van der Waals surface area contributed by atoms with Crippen LogP contribution in [0.2, 0.25) is 0 Å². The second-order valence-corrected chi connectivity index (χ2v) is 5.02. The van der Waals surface area contributed by atoms with E-state index < -0.39 is 5.97 Å². The third-order valence-corrected chi connectivity index (χ3v) is 3.10. The van der Waals surface area contributed by atoms with Gasteiger partial charge in [-0.1, -0.05) is 6.92 Å². The van der Waals surface area contributed by atoms with Crippen molar-refractivity contribution in [2.45, 2.75) is 26.3 Å². The quantitative estimate of drug-likeness (QED) is 0.727. The van der Waals surface area contributed by atoms with Gasteiger partial charge in [-0.25, -0.2) is 14.8 Å². The number of carboxylic acid groups (broad SMARTS) is 1. The summed E-state index contributed by atoms with van der Waals surface area (Å²) >= 11 is 1.90. The van der Waals surface area contributed by atoms with Crippen LogP contribution in [0.25, 0.3) is 0 Å². The monoisotopic (exact) mass is 255 g/mol. The zero-order valence-electron chi connectivity index (χ0n) is 10.0. The van der Waals surface area contributed by atoms with Crippen LogP contribution < -0.4 is 5.32 Å². The summed E-state index contributed by atoms with van der Waals surface area (Å²) in [6.45, 7) is 4.21. The molecule has 0 aliphatic carbocycles. The van der Waals surface area contributed by atoms with Gasteiger partial charge in [-0.15, -0.1) is 0 Å². The molecule has 0 saturated carbocycles. The van der Waals surface area contributed by atoms with Gasteiger partial charge in [0.05, 0.1) is 12.4 Å². The standard InChI is InChI=1S/C11H17N3O2S/c1-3-17-5-4-8(2)14-10-7-12-9(6-13-10)11(15)16/h6-8H,3-5H2,1-2H3,(H,13,14)(H,15,16). The normalized spacial score (nSPS) is 12.1. The molecule has 94 valence electrons. The predicted octanol–water partition coefficient (Wildman–Crippen LogP) is 2.12. The van der Waals surface area contributed by atoms with Crippen molar-refractivity contribution in [3.05, 3.63) is 18.1 Å². The lowest BCUT2D eigenvalue weighted by Gasteiger charge is -2.13. The van der Waals surface area contributed by atoms with Crippen LogP contribution in [0, 0.1) is 0 Å². The SMILES string of the molecule is CCSCCC(C)Nc1cnc(C(=O)O)cn1. The first-order valence-corrected chi connectivity index (χ1v) is 6.68. The third kappa shape index (κ3) is 5.04. The Balaban J connectivity index is 2.43. The molecule has 0 fully saturated rings. The Hall–Kier alpha value is -1.30. The van der Waals surface area contributed by atoms with Gasteiger partial charge in [0.1, 0.15) is 5.82 Å². The largest absolute Gasteiger partial charge is 0.476 e. The fourth-order valence-corrected chi connectivity index (χ4v) is 2.05. The van der Waals surface area contributed by atoms with Crippen LogP contribution in [0.5, 0.6) is 0 Å². The molecule has 0 saturated heterocycles. The molecule has 17 heavy (non-hydrogen) atoms. The zero-order valence-corrected chi connectivity index (χ0v) is 10.8. The number of thioether (sulfide) groups is 1. The van der Waals surface area contributed by atoms with E-state index in [9.17, 15) is 4.79 Å². The van der Waals surface area contributed by atoms with Crippen molar-refractivity contribution in [1.29, 1.82) is 0 Å². The minimum atomic E-state index is -1.06. The van der Waals surface area contributed by atoms with E-state index in [0.717, 1.165) is 17.9 Å². The summed E-state index contributed by atoms with van der Waals surface area (Å²) in [5.41, 5.74) is -0.0373. The fourth-order valence-electron chi connectivity index (χ4n) is 1.24.